The maximum absolute atomic E-state index is 12.4. The number of anilines is 2. The zero-order valence-electron chi connectivity index (χ0n) is 18.1. The average molecular weight is 450 g/mol. The Balaban J connectivity index is 1.39. The molecule has 0 aliphatic carbocycles. The summed E-state index contributed by atoms with van der Waals surface area (Å²) in [5.74, 6) is 0.518. The van der Waals surface area contributed by atoms with E-state index in [1.165, 1.54) is 5.56 Å². The number of rotatable bonds is 6. The van der Waals surface area contributed by atoms with Crippen LogP contribution in [0.25, 0.3) is 11.0 Å². The van der Waals surface area contributed by atoms with E-state index in [-0.39, 0.29) is 0 Å². The van der Waals surface area contributed by atoms with Crippen molar-refractivity contribution in [3.63, 3.8) is 0 Å². The summed E-state index contributed by atoms with van der Waals surface area (Å²) in [5.41, 5.74) is 10.7. The molecule has 0 bridgehead atoms. The number of amides is 2. The van der Waals surface area contributed by atoms with Crippen molar-refractivity contribution in [3.05, 3.63) is 76.2 Å². The highest BCUT2D eigenvalue weighted by Crippen LogP contribution is 2.22. The van der Waals surface area contributed by atoms with E-state index >= 15 is 0 Å². The van der Waals surface area contributed by atoms with Crippen LogP contribution in [0.1, 0.15) is 22.5 Å². The lowest BCUT2D eigenvalue weighted by atomic mass is 10.1. The first-order chi connectivity index (χ1) is 15.4. The average Bonchev–Trinajstić information content (AvgIpc) is 3.05. The van der Waals surface area contributed by atoms with Gasteiger partial charge in [-0.2, -0.15) is 5.10 Å². The highest BCUT2D eigenvalue weighted by Gasteiger charge is 2.12. The zero-order valence-corrected chi connectivity index (χ0v) is 18.9. The Morgan fingerprint density at radius 2 is 1.84 bits per heavy atom. The van der Waals surface area contributed by atoms with Gasteiger partial charge >= 0.3 is 6.03 Å². The Bertz CT molecular complexity index is 1270. The van der Waals surface area contributed by atoms with E-state index in [0.29, 0.717) is 23.1 Å². The third-order valence-electron chi connectivity index (χ3n) is 5.09. The van der Waals surface area contributed by atoms with Crippen LogP contribution in [0.2, 0.25) is 5.15 Å². The Hall–Kier alpha value is -3.65. The molecule has 0 aliphatic heterocycles. The van der Waals surface area contributed by atoms with Gasteiger partial charge in [-0.25, -0.2) is 14.8 Å². The second kappa shape index (κ2) is 9.23. The number of hydrogen-bond acceptors (Lipinski definition) is 5. The van der Waals surface area contributed by atoms with Crippen LogP contribution in [-0.4, -0.2) is 25.8 Å². The van der Waals surface area contributed by atoms with Gasteiger partial charge in [-0.1, -0.05) is 41.9 Å². The third-order valence-corrected chi connectivity index (χ3v) is 5.28. The van der Waals surface area contributed by atoms with Crippen molar-refractivity contribution in [3.8, 4) is 0 Å². The molecule has 0 fully saturated rings. The molecule has 0 atom stereocenters. The van der Waals surface area contributed by atoms with Gasteiger partial charge in [-0.3, -0.25) is 15.5 Å². The molecule has 2 amide bonds. The maximum atomic E-state index is 12.4. The number of halogens is 1. The molecule has 3 N–H and O–H groups in total. The number of carbonyl (C=O) groups is 1. The molecule has 0 aliphatic rings. The van der Waals surface area contributed by atoms with Gasteiger partial charge in [0, 0.05) is 23.8 Å². The lowest BCUT2D eigenvalue weighted by molar-refractivity contribution is 0.254. The van der Waals surface area contributed by atoms with Gasteiger partial charge in [0.05, 0.1) is 5.69 Å². The highest BCUT2D eigenvalue weighted by atomic mass is 35.5. The normalized spacial score (nSPS) is 10.9. The molecular formula is C23H24ClN7O. The first kappa shape index (κ1) is 21.6. The number of nitrogens with zero attached hydrogens (tertiary/aromatic N) is 4. The van der Waals surface area contributed by atoms with Gasteiger partial charge in [-0.05, 0) is 56.0 Å². The number of benzene rings is 1. The molecule has 0 unspecified atom stereocenters. The van der Waals surface area contributed by atoms with Crippen molar-refractivity contribution in [2.24, 2.45) is 7.05 Å². The Morgan fingerprint density at radius 3 is 2.62 bits per heavy atom. The smallest absolute Gasteiger partial charge is 0.306 e. The van der Waals surface area contributed by atoms with Crippen LogP contribution in [0, 0.1) is 13.8 Å². The lowest BCUT2D eigenvalue weighted by Crippen LogP contribution is -2.34. The summed E-state index contributed by atoms with van der Waals surface area (Å²) in [7, 11) is 1.84. The number of aromatic nitrogens is 4. The largest absolute Gasteiger partial charge is 0.337 e. The Morgan fingerprint density at radius 1 is 1.06 bits per heavy atom. The van der Waals surface area contributed by atoms with Crippen LogP contribution in [0.4, 0.5) is 16.3 Å². The lowest BCUT2D eigenvalue weighted by Gasteiger charge is -2.11. The molecule has 3 aromatic heterocycles. The molecule has 0 radical (unpaired) electrons. The van der Waals surface area contributed by atoms with Crippen molar-refractivity contribution >= 4 is 40.2 Å². The minimum absolute atomic E-state index is 0.327. The molecule has 32 heavy (non-hydrogen) atoms. The van der Waals surface area contributed by atoms with Gasteiger partial charge in [0.15, 0.2) is 5.65 Å². The SMILES string of the molecule is Cc1cc(NNC(=O)Nc2cc(Cl)nc(CCc3ccccc3)c2)nc2c1c(C)nn2C. The number of nitrogens with one attached hydrogen (secondary N) is 3. The van der Waals surface area contributed by atoms with Crippen LogP contribution in [0.5, 0.6) is 0 Å². The summed E-state index contributed by atoms with van der Waals surface area (Å²) in [6.45, 7) is 3.93. The number of pyridine rings is 2. The van der Waals surface area contributed by atoms with Crippen molar-refractivity contribution < 1.29 is 4.79 Å². The number of hydrazine groups is 1. The standard InChI is InChI=1S/C23H24ClN7O/c1-14-11-20(27-22-21(14)15(2)30-31(22)3)28-29-23(32)26-18-12-17(25-19(24)13-18)10-9-16-7-5-4-6-8-16/h4-8,11-13H,9-10H2,1-3H3,(H,27,28)(H2,25,26,29,32). The van der Waals surface area contributed by atoms with Crippen molar-refractivity contribution in [1.29, 1.82) is 0 Å². The fourth-order valence-electron chi connectivity index (χ4n) is 3.68. The first-order valence-corrected chi connectivity index (χ1v) is 10.6. The van der Waals surface area contributed by atoms with Gasteiger partial charge in [0.25, 0.3) is 0 Å². The fourth-order valence-corrected chi connectivity index (χ4v) is 3.90. The molecule has 9 heteroatoms. The molecule has 8 nitrogen and oxygen atoms in total. The monoisotopic (exact) mass is 449 g/mol. The molecule has 3 heterocycles. The molecule has 0 saturated heterocycles. The second-order valence-electron chi connectivity index (χ2n) is 7.59. The van der Waals surface area contributed by atoms with Crippen LogP contribution in [0.3, 0.4) is 0 Å². The van der Waals surface area contributed by atoms with E-state index < -0.39 is 6.03 Å². The highest BCUT2D eigenvalue weighted by molar-refractivity contribution is 6.29. The minimum Gasteiger partial charge on any atom is -0.306 e. The predicted octanol–water partition coefficient (Wildman–Crippen LogP) is 4.57. The minimum atomic E-state index is -0.443. The quantitative estimate of drug-likeness (QED) is 0.296. The summed E-state index contributed by atoms with van der Waals surface area (Å²) in [6.07, 6.45) is 1.55. The molecule has 0 saturated carbocycles. The van der Waals surface area contributed by atoms with E-state index in [1.54, 1.807) is 10.7 Å². The van der Waals surface area contributed by atoms with Crippen molar-refractivity contribution in [1.82, 2.24) is 25.2 Å². The van der Waals surface area contributed by atoms with Gasteiger partial charge in [0.2, 0.25) is 0 Å². The Kier molecular flexibility index (Phi) is 6.23. The zero-order chi connectivity index (χ0) is 22.7. The van der Waals surface area contributed by atoms with Gasteiger partial charge < -0.3 is 5.32 Å². The van der Waals surface area contributed by atoms with E-state index in [9.17, 15) is 4.79 Å². The Labute approximate surface area is 191 Å². The summed E-state index contributed by atoms with van der Waals surface area (Å²) in [4.78, 5) is 21.3. The fraction of sp³-hybridized carbons (Fsp3) is 0.217. The maximum Gasteiger partial charge on any atom is 0.337 e. The summed E-state index contributed by atoms with van der Waals surface area (Å²) in [6, 6.07) is 15.0. The van der Waals surface area contributed by atoms with Crippen LogP contribution in [-0.2, 0) is 19.9 Å². The molecule has 4 rings (SSSR count). The van der Waals surface area contributed by atoms with Crippen LogP contribution >= 0.6 is 11.6 Å². The summed E-state index contributed by atoms with van der Waals surface area (Å²) in [5, 5.41) is 8.52. The third kappa shape index (κ3) is 4.97. The molecular weight excluding hydrogens is 426 g/mol. The second-order valence-corrected chi connectivity index (χ2v) is 7.98. The van der Waals surface area contributed by atoms with Crippen molar-refractivity contribution in [2.45, 2.75) is 26.7 Å². The van der Waals surface area contributed by atoms with E-state index in [4.69, 9.17) is 11.6 Å². The number of fused-ring (bicyclic) bond motifs is 1. The van der Waals surface area contributed by atoms with Crippen molar-refractivity contribution in [2.75, 3.05) is 10.7 Å². The molecule has 0 spiro atoms. The predicted molar refractivity (Wildman–Crippen MR) is 127 cm³/mol. The van der Waals surface area contributed by atoms with E-state index in [2.05, 4.69) is 43.4 Å². The van der Waals surface area contributed by atoms with E-state index in [1.807, 2.05) is 51.2 Å². The number of carbonyl (C=O) groups excluding carboxylic acids is 1. The molecule has 1 aromatic carbocycles. The summed E-state index contributed by atoms with van der Waals surface area (Å²) >= 11 is 6.16. The topological polar surface area (TPSA) is 96.8 Å². The van der Waals surface area contributed by atoms with Gasteiger partial charge in [0.1, 0.15) is 11.0 Å². The van der Waals surface area contributed by atoms with Crippen LogP contribution in [0.15, 0.2) is 48.5 Å². The van der Waals surface area contributed by atoms with Gasteiger partial charge in [-0.15, -0.1) is 0 Å². The summed E-state index contributed by atoms with van der Waals surface area (Å²) < 4.78 is 1.72. The number of aryl methyl sites for hydroxylation is 5. The van der Waals surface area contributed by atoms with Crippen LogP contribution < -0.4 is 16.2 Å². The number of hydrogen-bond donors (Lipinski definition) is 3. The first-order valence-electron chi connectivity index (χ1n) is 10.2. The molecule has 164 valence electrons. The van der Waals surface area contributed by atoms with E-state index in [0.717, 1.165) is 34.4 Å². The molecule has 4 aromatic rings. The number of urea groups is 1.